The third-order valence-electron chi connectivity index (χ3n) is 1.43. The summed E-state index contributed by atoms with van der Waals surface area (Å²) < 4.78 is 0. The van der Waals surface area contributed by atoms with Crippen molar-refractivity contribution in [2.75, 3.05) is 0 Å². The minimum Gasteiger partial charge on any atom is -0.120 e. The van der Waals surface area contributed by atoms with Crippen LogP contribution in [0, 0.1) is 32.1 Å². The molecule has 0 aromatic heterocycles. The van der Waals surface area contributed by atoms with Crippen molar-refractivity contribution in [3.63, 3.8) is 0 Å². The van der Waals surface area contributed by atoms with Crippen molar-refractivity contribution in [2.45, 2.75) is 27.2 Å². The average Bonchev–Trinajstić information content (AvgIpc) is 2.08. The number of rotatable bonds is 1. The standard InChI is InChI=1S/C10H10.C4H9.H2/c1-3-4-10-7-5-9(2)6-8-10;1-4(2)3;/h1,5-8H,4H2,2H3;4H,1H2,2-3H3;1H. The Kier molecular flexibility index (Phi) is 6.58. The normalized spacial score (nSPS) is 8.86. The molecule has 1 rings (SSSR count). The topological polar surface area (TPSA) is 0 Å². The van der Waals surface area contributed by atoms with E-state index in [0.717, 1.165) is 6.42 Å². The first-order chi connectivity index (χ1) is 6.56. The van der Waals surface area contributed by atoms with Crippen LogP contribution >= 0.6 is 0 Å². The Morgan fingerprint density at radius 3 is 2.14 bits per heavy atom. The Hall–Kier alpha value is -1.22. The predicted octanol–water partition coefficient (Wildman–Crippen LogP) is 3.89. The molecule has 77 valence electrons. The lowest BCUT2D eigenvalue weighted by Gasteiger charge is -1.94. The minimum atomic E-state index is 0. The molecule has 0 spiro atoms. The highest BCUT2D eigenvalue weighted by molar-refractivity contribution is 5.24. The van der Waals surface area contributed by atoms with Crippen LogP contribution in [0.2, 0.25) is 0 Å². The van der Waals surface area contributed by atoms with Crippen molar-refractivity contribution in [3.8, 4) is 12.3 Å². The fraction of sp³-hybridized carbons (Fsp3) is 0.357. The van der Waals surface area contributed by atoms with Crippen LogP contribution in [0.5, 0.6) is 0 Å². The van der Waals surface area contributed by atoms with Gasteiger partial charge in [0.2, 0.25) is 0 Å². The summed E-state index contributed by atoms with van der Waals surface area (Å²) in [4.78, 5) is 0. The molecular formula is C14H21. The second-order valence-electron chi connectivity index (χ2n) is 3.76. The zero-order chi connectivity index (χ0) is 11.0. The average molecular weight is 189 g/mol. The Balaban J connectivity index is 0. The molecule has 0 unspecified atom stereocenters. The van der Waals surface area contributed by atoms with Crippen molar-refractivity contribution < 1.29 is 1.43 Å². The summed E-state index contributed by atoms with van der Waals surface area (Å²) in [7, 11) is 0. The molecule has 0 atom stereocenters. The Morgan fingerprint density at radius 2 is 1.79 bits per heavy atom. The highest BCUT2D eigenvalue weighted by atomic mass is 13.9. The lowest BCUT2D eigenvalue weighted by Crippen LogP contribution is -1.79. The third kappa shape index (κ3) is 7.43. The van der Waals surface area contributed by atoms with Crippen LogP contribution in [0.4, 0.5) is 0 Å². The molecule has 0 nitrogen and oxygen atoms in total. The van der Waals surface area contributed by atoms with Gasteiger partial charge in [0, 0.05) is 7.85 Å². The Labute approximate surface area is 89.8 Å². The van der Waals surface area contributed by atoms with Gasteiger partial charge in [0.15, 0.2) is 0 Å². The SMILES string of the molecule is C#CCc1ccc(C)cc1.[CH2]C(C)C.[HH]. The summed E-state index contributed by atoms with van der Waals surface area (Å²) in [5, 5.41) is 0. The van der Waals surface area contributed by atoms with Gasteiger partial charge in [0.25, 0.3) is 0 Å². The van der Waals surface area contributed by atoms with Crippen LogP contribution in [0.25, 0.3) is 0 Å². The molecule has 0 saturated heterocycles. The molecule has 0 heteroatoms. The van der Waals surface area contributed by atoms with Gasteiger partial charge in [-0.2, -0.15) is 0 Å². The zero-order valence-electron chi connectivity index (χ0n) is 9.38. The molecule has 14 heavy (non-hydrogen) atoms. The number of hydrogen-bond donors (Lipinski definition) is 0. The van der Waals surface area contributed by atoms with Gasteiger partial charge in [-0.1, -0.05) is 50.6 Å². The third-order valence-corrected chi connectivity index (χ3v) is 1.43. The maximum atomic E-state index is 5.15. The molecule has 1 aromatic carbocycles. The van der Waals surface area contributed by atoms with Crippen LogP contribution in [-0.4, -0.2) is 0 Å². The molecule has 1 aromatic rings. The van der Waals surface area contributed by atoms with Gasteiger partial charge in [-0.25, -0.2) is 0 Å². The molecule has 0 aliphatic rings. The lowest BCUT2D eigenvalue weighted by molar-refractivity contribution is 0.827. The summed E-state index contributed by atoms with van der Waals surface area (Å²) >= 11 is 0. The van der Waals surface area contributed by atoms with Gasteiger partial charge in [0.1, 0.15) is 0 Å². The predicted molar refractivity (Wildman–Crippen MR) is 66.0 cm³/mol. The van der Waals surface area contributed by atoms with Gasteiger partial charge >= 0.3 is 0 Å². The fourth-order valence-electron chi connectivity index (χ4n) is 0.824. The van der Waals surface area contributed by atoms with E-state index < -0.39 is 0 Å². The Bertz CT molecular complexity index is 274. The van der Waals surface area contributed by atoms with E-state index in [4.69, 9.17) is 6.42 Å². The molecule has 0 bridgehead atoms. The van der Waals surface area contributed by atoms with Crippen molar-refractivity contribution in [1.82, 2.24) is 0 Å². The van der Waals surface area contributed by atoms with Crippen LogP contribution in [-0.2, 0) is 6.42 Å². The highest BCUT2D eigenvalue weighted by Crippen LogP contribution is 2.02. The summed E-state index contributed by atoms with van der Waals surface area (Å²) in [6, 6.07) is 8.28. The van der Waals surface area contributed by atoms with E-state index in [1.54, 1.807) is 0 Å². The van der Waals surface area contributed by atoms with Gasteiger partial charge in [-0.15, -0.1) is 12.3 Å². The largest absolute Gasteiger partial charge is 0.120 e. The van der Waals surface area contributed by atoms with Gasteiger partial charge in [-0.3, -0.25) is 0 Å². The van der Waals surface area contributed by atoms with E-state index in [-0.39, 0.29) is 1.43 Å². The van der Waals surface area contributed by atoms with Gasteiger partial charge < -0.3 is 0 Å². The zero-order valence-corrected chi connectivity index (χ0v) is 9.38. The number of hydrogen-bond acceptors (Lipinski definition) is 0. The van der Waals surface area contributed by atoms with Crippen LogP contribution in [0.1, 0.15) is 26.4 Å². The van der Waals surface area contributed by atoms with E-state index in [1.807, 2.05) is 0 Å². The molecule has 0 N–H and O–H groups in total. The summed E-state index contributed by atoms with van der Waals surface area (Å²) in [6.45, 7) is 9.82. The molecular weight excluding hydrogens is 168 g/mol. The number of terminal acetylenes is 1. The van der Waals surface area contributed by atoms with Gasteiger partial charge in [-0.05, 0) is 18.4 Å². The molecule has 0 aliphatic carbocycles. The lowest BCUT2D eigenvalue weighted by atomic mass is 10.1. The molecule has 0 heterocycles. The van der Waals surface area contributed by atoms with Crippen LogP contribution < -0.4 is 0 Å². The van der Waals surface area contributed by atoms with E-state index >= 15 is 0 Å². The van der Waals surface area contributed by atoms with E-state index in [0.29, 0.717) is 5.92 Å². The second-order valence-corrected chi connectivity index (χ2v) is 3.76. The minimum absolute atomic E-state index is 0. The van der Waals surface area contributed by atoms with E-state index in [9.17, 15) is 0 Å². The maximum absolute atomic E-state index is 5.15. The summed E-state index contributed by atoms with van der Waals surface area (Å²) in [6.07, 6.45) is 5.88. The molecule has 0 aliphatic heterocycles. The van der Waals surface area contributed by atoms with Crippen LogP contribution in [0.15, 0.2) is 24.3 Å². The van der Waals surface area contributed by atoms with Crippen molar-refractivity contribution in [1.29, 1.82) is 0 Å². The molecule has 0 fully saturated rings. The van der Waals surface area contributed by atoms with E-state index in [2.05, 4.69) is 57.9 Å². The van der Waals surface area contributed by atoms with Gasteiger partial charge in [0.05, 0.1) is 0 Å². The maximum Gasteiger partial charge on any atom is 0.0337 e. The monoisotopic (exact) mass is 189 g/mol. The highest BCUT2D eigenvalue weighted by Gasteiger charge is 1.86. The Morgan fingerprint density at radius 1 is 1.36 bits per heavy atom. The van der Waals surface area contributed by atoms with Crippen molar-refractivity contribution in [3.05, 3.63) is 42.3 Å². The molecule has 0 amide bonds. The first kappa shape index (κ1) is 12.8. The first-order valence-electron chi connectivity index (χ1n) is 4.88. The second kappa shape index (κ2) is 7.21. The van der Waals surface area contributed by atoms with Crippen molar-refractivity contribution in [2.24, 2.45) is 5.92 Å². The smallest absolute Gasteiger partial charge is 0.0337 e. The number of aryl methyl sites for hydroxylation is 1. The first-order valence-corrected chi connectivity index (χ1v) is 4.88. The van der Waals surface area contributed by atoms with E-state index in [1.165, 1.54) is 11.1 Å². The van der Waals surface area contributed by atoms with Crippen molar-refractivity contribution >= 4 is 0 Å². The van der Waals surface area contributed by atoms with Crippen LogP contribution in [0.3, 0.4) is 0 Å². The number of benzene rings is 1. The summed E-state index contributed by atoms with van der Waals surface area (Å²) in [5.41, 5.74) is 2.49. The quantitative estimate of drug-likeness (QED) is 0.588. The molecule has 1 radical (unpaired) electrons. The summed E-state index contributed by atoms with van der Waals surface area (Å²) in [5.74, 6) is 3.19. The fourth-order valence-corrected chi connectivity index (χ4v) is 0.824. The molecule has 0 saturated carbocycles.